The van der Waals surface area contributed by atoms with Crippen LogP contribution in [-0.4, -0.2) is 41.0 Å². The lowest BCUT2D eigenvalue weighted by Gasteiger charge is -2.33. The highest BCUT2D eigenvalue weighted by atomic mass is 16.6. The minimum absolute atomic E-state index is 0.0441. The highest BCUT2D eigenvalue weighted by molar-refractivity contribution is 6.26. The van der Waals surface area contributed by atoms with Gasteiger partial charge in [-0.25, -0.2) is 0 Å². The molecule has 0 fully saturated rings. The van der Waals surface area contributed by atoms with E-state index in [0.29, 0.717) is 28.9 Å². The average Bonchev–Trinajstić information content (AvgIpc) is 2.80. The molecule has 0 aromatic heterocycles. The van der Waals surface area contributed by atoms with E-state index in [4.69, 9.17) is 14.2 Å². The third-order valence-electron chi connectivity index (χ3n) is 6.57. The summed E-state index contributed by atoms with van der Waals surface area (Å²) in [7, 11) is 0. The van der Waals surface area contributed by atoms with Crippen LogP contribution in [0.2, 0.25) is 0 Å². The van der Waals surface area contributed by atoms with Gasteiger partial charge in [-0.1, -0.05) is 11.6 Å². The second kappa shape index (κ2) is 9.98. The third kappa shape index (κ3) is 4.97. The van der Waals surface area contributed by atoms with Crippen LogP contribution in [0.5, 0.6) is 0 Å². The van der Waals surface area contributed by atoms with E-state index < -0.39 is 41.1 Å². The molecular weight excluding hydrogens is 452 g/mol. The van der Waals surface area contributed by atoms with E-state index in [1.165, 1.54) is 39.2 Å². The molecule has 0 aromatic carbocycles. The van der Waals surface area contributed by atoms with Crippen molar-refractivity contribution in [2.24, 2.45) is 5.92 Å². The maximum Gasteiger partial charge on any atom is 0.314 e. The van der Waals surface area contributed by atoms with Gasteiger partial charge in [0.2, 0.25) is 17.2 Å². The normalized spacial score (nSPS) is 24.5. The molecule has 0 amide bonds. The Kier molecular flexibility index (Phi) is 7.43. The SMILES string of the molecule is C/C=C(\C)C(OC(C)=O)C(C)C(=O)OC1(C)C(=O)C=C2C=C(C3=C(C)CCCC3=O)OC=C2C1=O. The maximum absolute atomic E-state index is 13.3. The number of esters is 2. The number of hydrogen-bond donors (Lipinski definition) is 0. The fraction of sp³-hybridized carbons (Fsp3) is 0.444. The Morgan fingerprint density at radius 3 is 2.43 bits per heavy atom. The summed E-state index contributed by atoms with van der Waals surface area (Å²) in [4.78, 5) is 63.3. The first-order valence-electron chi connectivity index (χ1n) is 11.6. The standard InChI is InChI=1S/C27H30O8/c1-7-14(2)24(34-17(5)28)16(4)26(32)35-27(6)22(30)12-18-11-21(33-13-19(18)25(27)31)23-15(3)9-8-10-20(23)29/h7,11-13,16,24H,8-10H2,1-6H3/b14-7+. The molecule has 3 atom stereocenters. The summed E-state index contributed by atoms with van der Waals surface area (Å²) in [6.45, 7) is 9.26. The minimum atomic E-state index is -2.10. The smallest absolute Gasteiger partial charge is 0.314 e. The molecule has 35 heavy (non-hydrogen) atoms. The molecule has 3 rings (SSSR count). The van der Waals surface area contributed by atoms with Gasteiger partial charge in [0, 0.05) is 13.3 Å². The number of Topliss-reactive ketones (excluding diaryl/α,β-unsaturated/α-hetero) is 2. The largest absolute Gasteiger partial charge is 0.463 e. The van der Waals surface area contributed by atoms with Gasteiger partial charge in [0.05, 0.1) is 17.1 Å². The van der Waals surface area contributed by atoms with Crippen molar-refractivity contribution < 1.29 is 38.2 Å². The van der Waals surface area contributed by atoms with Crippen LogP contribution >= 0.6 is 0 Å². The molecular formula is C27H30O8. The fourth-order valence-corrected chi connectivity index (χ4v) is 4.32. The lowest BCUT2D eigenvalue weighted by Crippen LogP contribution is -2.52. The highest BCUT2D eigenvalue weighted by Gasteiger charge is 2.50. The Bertz CT molecular complexity index is 1160. The Hall–Kier alpha value is -3.55. The molecule has 2 aliphatic carbocycles. The summed E-state index contributed by atoms with van der Waals surface area (Å²) < 4.78 is 16.4. The second-order valence-corrected chi connectivity index (χ2v) is 9.19. The Labute approximate surface area is 204 Å². The molecule has 0 aromatic rings. The fourth-order valence-electron chi connectivity index (χ4n) is 4.32. The van der Waals surface area contributed by atoms with Crippen LogP contribution in [0, 0.1) is 5.92 Å². The van der Waals surface area contributed by atoms with E-state index in [2.05, 4.69) is 0 Å². The molecule has 0 saturated heterocycles. The molecule has 8 nitrogen and oxygen atoms in total. The van der Waals surface area contributed by atoms with E-state index in [1.807, 2.05) is 6.92 Å². The van der Waals surface area contributed by atoms with Crippen LogP contribution in [0.25, 0.3) is 0 Å². The number of allylic oxidation sites excluding steroid dienone is 5. The summed E-state index contributed by atoms with van der Waals surface area (Å²) >= 11 is 0. The van der Waals surface area contributed by atoms with Crippen LogP contribution in [0.1, 0.15) is 60.8 Å². The van der Waals surface area contributed by atoms with Crippen molar-refractivity contribution in [1.82, 2.24) is 0 Å². The second-order valence-electron chi connectivity index (χ2n) is 9.19. The van der Waals surface area contributed by atoms with Crippen LogP contribution in [0.3, 0.4) is 0 Å². The van der Waals surface area contributed by atoms with Crippen molar-refractivity contribution in [3.8, 4) is 0 Å². The van der Waals surface area contributed by atoms with E-state index in [0.717, 1.165) is 18.4 Å². The molecule has 186 valence electrons. The van der Waals surface area contributed by atoms with E-state index in [1.54, 1.807) is 19.9 Å². The number of carbonyl (C=O) groups excluding carboxylic acids is 5. The lowest BCUT2D eigenvalue weighted by atomic mass is 9.79. The van der Waals surface area contributed by atoms with Crippen LogP contribution in [-0.2, 0) is 38.2 Å². The van der Waals surface area contributed by atoms with Crippen LogP contribution in [0.4, 0.5) is 0 Å². The average molecular weight is 483 g/mol. The summed E-state index contributed by atoms with van der Waals surface area (Å²) in [5.41, 5.74) is 0.251. The van der Waals surface area contributed by atoms with Gasteiger partial charge in [0.1, 0.15) is 18.1 Å². The number of fused-ring (bicyclic) bond motifs is 1. The van der Waals surface area contributed by atoms with Crippen molar-refractivity contribution >= 4 is 29.3 Å². The zero-order chi connectivity index (χ0) is 26.1. The van der Waals surface area contributed by atoms with E-state index in [-0.39, 0.29) is 11.4 Å². The van der Waals surface area contributed by atoms with Crippen molar-refractivity contribution in [2.45, 2.75) is 72.5 Å². The van der Waals surface area contributed by atoms with E-state index >= 15 is 0 Å². The number of carbonyl (C=O) groups is 5. The molecule has 3 aliphatic rings. The van der Waals surface area contributed by atoms with Gasteiger partial charge < -0.3 is 14.2 Å². The van der Waals surface area contributed by atoms with Gasteiger partial charge in [0.15, 0.2) is 5.78 Å². The summed E-state index contributed by atoms with van der Waals surface area (Å²) in [6.07, 6.45) is 6.67. The topological polar surface area (TPSA) is 113 Å². The highest BCUT2D eigenvalue weighted by Crippen LogP contribution is 2.37. The zero-order valence-electron chi connectivity index (χ0n) is 20.9. The van der Waals surface area contributed by atoms with Crippen molar-refractivity contribution in [3.05, 3.63) is 58.1 Å². The Balaban J connectivity index is 1.89. The summed E-state index contributed by atoms with van der Waals surface area (Å²) in [6, 6.07) is 0. The van der Waals surface area contributed by atoms with Crippen LogP contribution < -0.4 is 0 Å². The van der Waals surface area contributed by atoms with Gasteiger partial charge in [-0.2, -0.15) is 0 Å². The zero-order valence-corrected chi connectivity index (χ0v) is 20.9. The van der Waals surface area contributed by atoms with Crippen LogP contribution in [0.15, 0.2) is 58.1 Å². The molecule has 3 unspecified atom stereocenters. The first-order chi connectivity index (χ1) is 16.4. The first kappa shape index (κ1) is 26.1. The number of ether oxygens (including phenoxy) is 3. The molecule has 0 bridgehead atoms. The quantitative estimate of drug-likeness (QED) is 0.319. The molecule has 0 N–H and O–H groups in total. The number of ketones is 3. The van der Waals surface area contributed by atoms with Gasteiger partial charge in [-0.3, -0.25) is 24.0 Å². The predicted molar refractivity (Wildman–Crippen MR) is 126 cm³/mol. The molecule has 0 radical (unpaired) electrons. The van der Waals surface area contributed by atoms with Crippen molar-refractivity contribution in [1.29, 1.82) is 0 Å². The van der Waals surface area contributed by atoms with Gasteiger partial charge in [-0.15, -0.1) is 0 Å². The molecule has 0 saturated carbocycles. The van der Waals surface area contributed by atoms with Gasteiger partial charge >= 0.3 is 11.9 Å². The Morgan fingerprint density at radius 2 is 1.83 bits per heavy atom. The summed E-state index contributed by atoms with van der Waals surface area (Å²) in [5.74, 6) is -3.59. The Morgan fingerprint density at radius 1 is 1.14 bits per heavy atom. The van der Waals surface area contributed by atoms with Crippen molar-refractivity contribution in [2.75, 3.05) is 0 Å². The van der Waals surface area contributed by atoms with Crippen molar-refractivity contribution in [3.63, 3.8) is 0 Å². The van der Waals surface area contributed by atoms with E-state index in [9.17, 15) is 24.0 Å². The summed E-state index contributed by atoms with van der Waals surface area (Å²) in [5, 5.41) is 0. The molecule has 0 spiro atoms. The monoisotopic (exact) mass is 482 g/mol. The number of rotatable bonds is 6. The number of hydrogen-bond acceptors (Lipinski definition) is 8. The van der Waals surface area contributed by atoms with Gasteiger partial charge in [-0.05, 0) is 70.8 Å². The molecule has 1 aliphatic heterocycles. The lowest BCUT2D eigenvalue weighted by molar-refractivity contribution is -0.175. The first-order valence-corrected chi connectivity index (χ1v) is 11.6. The third-order valence-corrected chi connectivity index (χ3v) is 6.57. The minimum Gasteiger partial charge on any atom is -0.463 e. The maximum atomic E-state index is 13.3. The molecule has 8 heteroatoms. The predicted octanol–water partition coefficient (Wildman–Crippen LogP) is 3.77. The van der Waals surface area contributed by atoms with Gasteiger partial charge in [0.25, 0.3) is 0 Å². The molecule has 1 heterocycles.